The lowest BCUT2D eigenvalue weighted by Gasteiger charge is -2.26. The van der Waals surface area contributed by atoms with Crippen molar-refractivity contribution in [3.63, 3.8) is 0 Å². The molecule has 1 aromatic carbocycles. The zero-order chi connectivity index (χ0) is 28.9. The number of hydrogen-bond donors (Lipinski definition) is 2. The fourth-order valence-electron chi connectivity index (χ4n) is 4.50. The normalized spacial score (nSPS) is 14.4. The Labute approximate surface area is 223 Å². The van der Waals surface area contributed by atoms with Crippen molar-refractivity contribution >= 4 is 39.8 Å². The van der Waals surface area contributed by atoms with E-state index in [-0.39, 0.29) is 18.0 Å². The highest BCUT2D eigenvalue weighted by atomic mass is 19.4. The quantitative estimate of drug-likeness (QED) is 0.450. The monoisotopic (exact) mass is 553 g/mol. The summed E-state index contributed by atoms with van der Waals surface area (Å²) in [5.74, 6) is -2.98. The number of amides is 2. The second-order valence-electron chi connectivity index (χ2n) is 9.62. The highest BCUT2D eigenvalue weighted by Crippen LogP contribution is 2.34. The van der Waals surface area contributed by atoms with Gasteiger partial charge in [-0.3, -0.25) is 14.3 Å². The van der Waals surface area contributed by atoms with Crippen molar-refractivity contribution in [1.29, 1.82) is 0 Å². The molecule has 3 aromatic rings. The van der Waals surface area contributed by atoms with Crippen LogP contribution in [0.1, 0.15) is 36.8 Å². The zero-order valence-corrected chi connectivity index (χ0v) is 22.4. The van der Waals surface area contributed by atoms with E-state index in [1.807, 2.05) is 24.3 Å². The molecule has 2 aromatic heterocycles. The van der Waals surface area contributed by atoms with Gasteiger partial charge in [0.25, 0.3) is 5.91 Å². The van der Waals surface area contributed by atoms with Crippen LogP contribution in [-0.4, -0.2) is 102 Å². The number of nitrogens with one attached hydrogen (secondary N) is 1. The van der Waals surface area contributed by atoms with Crippen LogP contribution in [-0.2, 0) is 9.53 Å². The van der Waals surface area contributed by atoms with Crippen molar-refractivity contribution in [2.45, 2.75) is 32.5 Å². The molecule has 0 atom stereocenters. The third-order valence-electron chi connectivity index (χ3n) is 6.26. The molecule has 2 amide bonds. The second kappa shape index (κ2) is 12.5. The summed E-state index contributed by atoms with van der Waals surface area (Å²) < 4.78 is 40.9. The molecule has 0 unspecified atom stereocenters. The maximum absolute atomic E-state index is 13.2. The van der Waals surface area contributed by atoms with Crippen LogP contribution in [0.3, 0.4) is 0 Å². The molecule has 1 saturated heterocycles. The number of carbonyl (C=O) groups excluding carboxylic acids is 2. The number of carboxylic acid groups (broad SMARTS) is 1. The molecule has 0 saturated carbocycles. The number of para-hydroxylation sites is 1. The van der Waals surface area contributed by atoms with Crippen molar-refractivity contribution in [3.8, 4) is 0 Å². The lowest BCUT2D eigenvalue weighted by atomic mass is 10.2. The summed E-state index contributed by atoms with van der Waals surface area (Å²) in [5, 5.41) is 11.1. The number of ether oxygens (including phenoxy) is 1. The molecule has 0 radical (unpaired) electrons. The molecule has 214 valence electrons. The summed E-state index contributed by atoms with van der Waals surface area (Å²) >= 11 is 0. The van der Waals surface area contributed by atoms with Gasteiger partial charge in [-0.05, 0) is 38.9 Å². The van der Waals surface area contributed by atoms with Crippen LogP contribution >= 0.6 is 0 Å². The van der Waals surface area contributed by atoms with Gasteiger partial charge < -0.3 is 24.6 Å². The van der Waals surface area contributed by atoms with Crippen LogP contribution in [0.5, 0.6) is 0 Å². The van der Waals surface area contributed by atoms with Crippen LogP contribution in [0.25, 0.3) is 21.9 Å². The van der Waals surface area contributed by atoms with Gasteiger partial charge in [0.2, 0.25) is 0 Å². The van der Waals surface area contributed by atoms with E-state index in [1.165, 1.54) is 4.90 Å². The fourth-order valence-corrected chi connectivity index (χ4v) is 4.50. The van der Waals surface area contributed by atoms with Crippen molar-refractivity contribution < 1.29 is 37.4 Å². The molecule has 1 aliphatic rings. The zero-order valence-electron chi connectivity index (χ0n) is 22.4. The fraction of sp³-hybridized carbons (Fsp3) is 0.500. The predicted molar refractivity (Wildman–Crippen MR) is 140 cm³/mol. The van der Waals surface area contributed by atoms with Gasteiger partial charge in [0.15, 0.2) is 0 Å². The summed E-state index contributed by atoms with van der Waals surface area (Å²) in [5.41, 5.74) is 3.12. The van der Waals surface area contributed by atoms with E-state index in [0.717, 1.165) is 61.2 Å². The largest absolute Gasteiger partial charge is 0.490 e. The topological polar surface area (TPSA) is 109 Å². The van der Waals surface area contributed by atoms with Gasteiger partial charge in [-0.15, -0.1) is 0 Å². The average Bonchev–Trinajstić information content (AvgIpc) is 3.41. The van der Waals surface area contributed by atoms with Crippen molar-refractivity contribution in [2.24, 2.45) is 0 Å². The van der Waals surface area contributed by atoms with E-state index in [4.69, 9.17) is 14.6 Å². The van der Waals surface area contributed by atoms with Crippen LogP contribution < -0.4 is 5.32 Å². The number of alkyl halides is 3. The SMILES string of the molecule is CC(C)n1c2ccccc2c2c1cc(C(=O)NCCCN1CCOCC1)n2C(=O)N(C)C.O=C(O)C(F)(F)F. The number of morpholine rings is 1. The second-order valence-corrected chi connectivity index (χ2v) is 9.62. The Morgan fingerprint density at radius 2 is 1.72 bits per heavy atom. The number of nitrogens with zero attached hydrogens (tertiary/aromatic N) is 4. The maximum atomic E-state index is 13.2. The van der Waals surface area contributed by atoms with Crippen molar-refractivity contribution in [3.05, 3.63) is 36.0 Å². The molecule has 1 fully saturated rings. The Kier molecular flexibility index (Phi) is 9.62. The van der Waals surface area contributed by atoms with Crippen molar-refractivity contribution in [2.75, 3.05) is 53.5 Å². The summed E-state index contributed by atoms with van der Waals surface area (Å²) in [4.78, 5) is 39.1. The Hall–Kier alpha value is -3.58. The molecule has 1 aliphatic heterocycles. The van der Waals surface area contributed by atoms with Crippen LogP contribution in [0.2, 0.25) is 0 Å². The summed E-state index contributed by atoms with van der Waals surface area (Å²) in [6.07, 6.45) is -4.23. The number of aliphatic carboxylic acids is 1. The van der Waals surface area contributed by atoms with E-state index in [2.05, 4.69) is 34.7 Å². The third kappa shape index (κ3) is 6.90. The number of carbonyl (C=O) groups is 3. The van der Waals surface area contributed by atoms with Gasteiger partial charge in [0.05, 0.1) is 29.8 Å². The first kappa shape index (κ1) is 30.0. The number of fused-ring (bicyclic) bond motifs is 3. The van der Waals surface area contributed by atoms with Gasteiger partial charge in [-0.2, -0.15) is 13.2 Å². The minimum atomic E-state index is -5.08. The molecular formula is C26H34F3N5O5. The highest BCUT2D eigenvalue weighted by molar-refractivity contribution is 6.14. The molecule has 2 N–H and O–H groups in total. The van der Waals surface area contributed by atoms with Gasteiger partial charge in [-0.25, -0.2) is 9.59 Å². The first-order valence-corrected chi connectivity index (χ1v) is 12.6. The lowest BCUT2D eigenvalue weighted by molar-refractivity contribution is -0.192. The Balaban J connectivity index is 0.000000532. The molecule has 39 heavy (non-hydrogen) atoms. The van der Waals surface area contributed by atoms with Gasteiger partial charge in [-0.1, -0.05) is 18.2 Å². The van der Waals surface area contributed by atoms with E-state index >= 15 is 0 Å². The summed E-state index contributed by atoms with van der Waals surface area (Å²) in [7, 11) is 3.42. The third-order valence-corrected chi connectivity index (χ3v) is 6.26. The molecule has 0 bridgehead atoms. The summed E-state index contributed by atoms with van der Waals surface area (Å²) in [6, 6.07) is 9.85. The van der Waals surface area contributed by atoms with Gasteiger partial charge in [0.1, 0.15) is 5.69 Å². The van der Waals surface area contributed by atoms with E-state index in [1.54, 1.807) is 18.7 Å². The smallest absolute Gasteiger partial charge is 0.475 e. The van der Waals surface area contributed by atoms with Gasteiger partial charge >= 0.3 is 18.2 Å². The number of halogens is 3. The van der Waals surface area contributed by atoms with Crippen LogP contribution in [0.4, 0.5) is 18.0 Å². The number of aromatic nitrogens is 2. The van der Waals surface area contributed by atoms with E-state index < -0.39 is 12.1 Å². The minimum Gasteiger partial charge on any atom is -0.475 e. The maximum Gasteiger partial charge on any atom is 0.490 e. The Bertz CT molecular complexity index is 1320. The predicted octanol–water partition coefficient (Wildman–Crippen LogP) is 3.79. The lowest BCUT2D eigenvalue weighted by Crippen LogP contribution is -2.38. The standard InChI is InChI=1S/C24H33N5O3.C2HF3O2/c1-17(2)28-19-9-6-5-8-18(19)22-20(28)16-21(29(22)24(31)26(3)4)23(30)25-10-7-11-27-12-14-32-15-13-27;3-2(4,5)1(6)7/h5-6,8-9,16-17H,7,10-15H2,1-4H3,(H,25,30);(H,6,7). The van der Waals surface area contributed by atoms with Crippen LogP contribution in [0.15, 0.2) is 30.3 Å². The molecule has 0 aliphatic carbocycles. The molecule has 13 heteroatoms. The van der Waals surface area contributed by atoms with Gasteiger partial charge in [0, 0.05) is 45.2 Å². The molecule has 3 heterocycles. The molecule has 0 spiro atoms. The number of rotatable bonds is 6. The first-order valence-electron chi connectivity index (χ1n) is 12.6. The molecule has 10 nitrogen and oxygen atoms in total. The highest BCUT2D eigenvalue weighted by Gasteiger charge is 2.38. The van der Waals surface area contributed by atoms with E-state index in [0.29, 0.717) is 12.2 Å². The Morgan fingerprint density at radius 1 is 1.10 bits per heavy atom. The van der Waals surface area contributed by atoms with Crippen molar-refractivity contribution in [1.82, 2.24) is 24.3 Å². The number of hydrogen-bond acceptors (Lipinski definition) is 5. The Morgan fingerprint density at radius 3 is 2.28 bits per heavy atom. The first-order chi connectivity index (χ1) is 18.3. The van der Waals surface area contributed by atoms with Crippen LogP contribution in [0, 0.1) is 0 Å². The van der Waals surface area contributed by atoms with E-state index in [9.17, 15) is 22.8 Å². The average molecular weight is 554 g/mol. The molecular weight excluding hydrogens is 519 g/mol. The summed E-state index contributed by atoms with van der Waals surface area (Å²) in [6.45, 7) is 9.12. The molecule has 4 rings (SSSR count). The number of carboxylic acids is 1. The number of benzene rings is 1. The minimum absolute atomic E-state index is 0.187.